The highest BCUT2D eigenvalue weighted by Crippen LogP contribution is 2.30. The second kappa shape index (κ2) is 7.87. The Kier molecular flexibility index (Phi) is 5.12. The summed E-state index contributed by atoms with van der Waals surface area (Å²) < 4.78 is 1.46. The standard InChI is InChI=1S/C22H22N4O3/c1-14-3-2-4-18-20(14)23-13-26(22(18)29)12-11-19(27)24-16-7-9-17(10-8-16)25-21(28)15-5-6-15/h2-4,7-10,13,15H,5-6,11-12H2,1H3,(H,24,27)(H,25,28). The van der Waals surface area contributed by atoms with Crippen molar-refractivity contribution in [2.45, 2.75) is 32.7 Å². The summed E-state index contributed by atoms with van der Waals surface area (Å²) in [4.78, 5) is 41.0. The molecule has 2 amide bonds. The molecule has 2 aromatic carbocycles. The first kappa shape index (κ1) is 18.9. The third-order valence-corrected chi connectivity index (χ3v) is 5.02. The molecule has 1 aliphatic carbocycles. The van der Waals surface area contributed by atoms with Gasteiger partial charge in [0.1, 0.15) is 0 Å². The van der Waals surface area contributed by atoms with Crippen LogP contribution < -0.4 is 16.2 Å². The molecule has 0 saturated heterocycles. The van der Waals surface area contributed by atoms with E-state index in [9.17, 15) is 14.4 Å². The molecule has 0 radical (unpaired) electrons. The number of rotatable bonds is 6. The first-order valence-electron chi connectivity index (χ1n) is 9.67. The smallest absolute Gasteiger partial charge is 0.261 e. The Morgan fingerprint density at radius 2 is 1.76 bits per heavy atom. The number of carbonyl (C=O) groups is 2. The minimum Gasteiger partial charge on any atom is -0.326 e. The van der Waals surface area contributed by atoms with E-state index in [2.05, 4.69) is 15.6 Å². The minimum absolute atomic E-state index is 0.0476. The maximum absolute atomic E-state index is 12.6. The highest BCUT2D eigenvalue weighted by Gasteiger charge is 2.29. The molecule has 1 fully saturated rings. The van der Waals surface area contributed by atoms with Crippen LogP contribution in [0.15, 0.2) is 53.6 Å². The summed E-state index contributed by atoms with van der Waals surface area (Å²) in [6.07, 6.45) is 3.55. The summed E-state index contributed by atoms with van der Waals surface area (Å²) in [7, 11) is 0. The van der Waals surface area contributed by atoms with E-state index in [1.54, 1.807) is 30.3 Å². The number of amides is 2. The molecule has 0 bridgehead atoms. The molecule has 1 saturated carbocycles. The van der Waals surface area contributed by atoms with E-state index in [-0.39, 0.29) is 36.3 Å². The molecule has 7 heteroatoms. The van der Waals surface area contributed by atoms with Gasteiger partial charge in [-0.25, -0.2) is 4.98 Å². The number of carbonyl (C=O) groups excluding carboxylic acids is 2. The molecular formula is C22H22N4O3. The Labute approximate surface area is 167 Å². The van der Waals surface area contributed by atoms with Crippen molar-refractivity contribution in [3.8, 4) is 0 Å². The van der Waals surface area contributed by atoms with Crippen molar-refractivity contribution in [1.29, 1.82) is 0 Å². The Balaban J connectivity index is 1.35. The van der Waals surface area contributed by atoms with Crippen LogP contribution in [0.25, 0.3) is 10.9 Å². The van der Waals surface area contributed by atoms with Gasteiger partial charge in [-0.1, -0.05) is 12.1 Å². The van der Waals surface area contributed by atoms with Gasteiger partial charge >= 0.3 is 0 Å². The number of hydrogen-bond acceptors (Lipinski definition) is 4. The minimum atomic E-state index is -0.198. The summed E-state index contributed by atoms with van der Waals surface area (Å²) in [6.45, 7) is 2.16. The van der Waals surface area contributed by atoms with Gasteiger partial charge in [0.15, 0.2) is 0 Å². The molecule has 0 spiro atoms. The number of aryl methyl sites for hydroxylation is 2. The van der Waals surface area contributed by atoms with Crippen molar-refractivity contribution >= 4 is 34.1 Å². The van der Waals surface area contributed by atoms with Gasteiger partial charge in [-0.2, -0.15) is 0 Å². The largest absolute Gasteiger partial charge is 0.326 e. The number of para-hydroxylation sites is 1. The lowest BCUT2D eigenvalue weighted by atomic mass is 10.1. The number of nitrogens with zero attached hydrogens (tertiary/aromatic N) is 2. The molecule has 0 unspecified atom stereocenters. The fourth-order valence-corrected chi connectivity index (χ4v) is 3.17. The normalized spacial score (nSPS) is 13.3. The lowest BCUT2D eigenvalue weighted by molar-refractivity contribution is -0.117. The lowest BCUT2D eigenvalue weighted by Crippen LogP contribution is -2.23. The van der Waals surface area contributed by atoms with Gasteiger partial charge in [0, 0.05) is 30.3 Å². The van der Waals surface area contributed by atoms with Gasteiger partial charge in [-0.3, -0.25) is 19.0 Å². The first-order valence-corrected chi connectivity index (χ1v) is 9.67. The van der Waals surface area contributed by atoms with Gasteiger partial charge in [0.2, 0.25) is 11.8 Å². The van der Waals surface area contributed by atoms with Gasteiger partial charge in [0.05, 0.1) is 17.2 Å². The van der Waals surface area contributed by atoms with E-state index in [0.29, 0.717) is 22.3 Å². The van der Waals surface area contributed by atoms with Crippen molar-refractivity contribution in [3.05, 3.63) is 64.7 Å². The number of hydrogen-bond donors (Lipinski definition) is 2. The second-order valence-electron chi connectivity index (χ2n) is 7.35. The molecule has 1 aromatic heterocycles. The first-order chi connectivity index (χ1) is 14.0. The molecule has 3 aromatic rings. The van der Waals surface area contributed by atoms with Gasteiger partial charge in [-0.05, 0) is 55.7 Å². The summed E-state index contributed by atoms with van der Waals surface area (Å²) in [6, 6.07) is 12.5. The Bertz CT molecular complexity index is 1130. The van der Waals surface area contributed by atoms with E-state index >= 15 is 0 Å². The number of benzene rings is 2. The second-order valence-corrected chi connectivity index (χ2v) is 7.35. The molecule has 29 heavy (non-hydrogen) atoms. The van der Waals surface area contributed by atoms with Crippen LogP contribution in [-0.2, 0) is 16.1 Å². The molecule has 1 aliphatic rings. The highest BCUT2D eigenvalue weighted by molar-refractivity contribution is 5.95. The van der Waals surface area contributed by atoms with E-state index in [1.165, 1.54) is 10.9 Å². The maximum atomic E-state index is 12.6. The molecule has 7 nitrogen and oxygen atoms in total. The van der Waals surface area contributed by atoms with Crippen LogP contribution in [0.5, 0.6) is 0 Å². The maximum Gasteiger partial charge on any atom is 0.261 e. The molecule has 148 valence electrons. The zero-order chi connectivity index (χ0) is 20.4. The Morgan fingerprint density at radius 1 is 1.07 bits per heavy atom. The number of aromatic nitrogens is 2. The summed E-state index contributed by atoms with van der Waals surface area (Å²) in [5, 5.41) is 6.22. The Hall–Kier alpha value is -3.48. The van der Waals surface area contributed by atoms with E-state index in [0.717, 1.165) is 18.4 Å². The topological polar surface area (TPSA) is 93.1 Å². The highest BCUT2D eigenvalue weighted by atomic mass is 16.2. The van der Waals surface area contributed by atoms with Crippen molar-refractivity contribution < 1.29 is 9.59 Å². The number of anilines is 2. The van der Waals surface area contributed by atoms with Crippen LogP contribution in [-0.4, -0.2) is 21.4 Å². The van der Waals surface area contributed by atoms with Crippen LogP contribution in [0.1, 0.15) is 24.8 Å². The third-order valence-electron chi connectivity index (χ3n) is 5.02. The van der Waals surface area contributed by atoms with Gasteiger partial charge in [0.25, 0.3) is 5.56 Å². The average Bonchev–Trinajstić information content (AvgIpc) is 3.55. The fraction of sp³-hybridized carbons (Fsp3) is 0.273. The van der Waals surface area contributed by atoms with Crippen molar-refractivity contribution in [2.24, 2.45) is 5.92 Å². The predicted octanol–water partition coefficient (Wildman–Crippen LogP) is 3.08. The van der Waals surface area contributed by atoms with E-state index in [1.807, 2.05) is 19.1 Å². The van der Waals surface area contributed by atoms with Crippen LogP contribution in [0.4, 0.5) is 11.4 Å². The molecule has 0 atom stereocenters. The average molecular weight is 390 g/mol. The fourth-order valence-electron chi connectivity index (χ4n) is 3.17. The summed E-state index contributed by atoms with van der Waals surface area (Å²) in [5.74, 6) is -0.00582. The summed E-state index contributed by atoms with van der Waals surface area (Å²) in [5.41, 5.74) is 2.83. The molecule has 2 N–H and O–H groups in total. The third kappa shape index (κ3) is 4.34. The molecule has 1 heterocycles. The number of nitrogens with one attached hydrogen (secondary N) is 2. The van der Waals surface area contributed by atoms with Gasteiger partial charge < -0.3 is 10.6 Å². The summed E-state index contributed by atoms with van der Waals surface area (Å²) >= 11 is 0. The van der Waals surface area contributed by atoms with Crippen LogP contribution >= 0.6 is 0 Å². The quantitative estimate of drug-likeness (QED) is 0.676. The molecule has 0 aliphatic heterocycles. The van der Waals surface area contributed by atoms with E-state index in [4.69, 9.17) is 0 Å². The van der Waals surface area contributed by atoms with Crippen molar-refractivity contribution in [3.63, 3.8) is 0 Å². The zero-order valence-electron chi connectivity index (χ0n) is 16.1. The van der Waals surface area contributed by atoms with Crippen LogP contribution in [0, 0.1) is 12.8 Å². The van der Waals surface area contributed by atoms with Crippen molar-refractivity contribution in [1.82, 2.24) is 9.55 Å². The van der Waals surface area contributed by atoms with Crippen LogP contribution in [0.2, 0.25) is 0 Å². The lowest BCUT2D eigenvalue weighted by Gasteiger charge is -2.09. The van der Waals surface area contributed by atoms with Crippen LogP contribution in [0.3, 0.4) is 0 Å². The van der Waals surface area contributed by atoms with Crippen molar-refractivity contribution in [2.75, 3.05) is 10.6 Å². The zero-order valence-corrected chi connectivity index (χ0v) is 16.1. The molecular weight excluding hydrogens is 368 g/mol. The molecule has 4 rings (SSSR count). The van der Waals surface area contributed by atoms with E-state index < -0.39 is 0 Å². The number of fused-ring (bicyclic) bond motifs is 1. The van der Waals surface area contributed by atoms with Gasteiger partial charge in [-0.15, -0.1) is 0 Å². The SMILES string of the molecule is Cc1cccc2c(=O)n(CCC(=O)Nc3ccc(NC(=O)C4CC4)cc3)cnc12. The Morgan fingerprint density at radius 3 is 2.45 bits per heavy atom. The monoisotopic (exact) mass is 390 g/mol. The predicted molar refractivity (Wildman–Crippen MR) is 112 cm³/mol.